The zero-order chi connectivity index (χ0) is 29.3. The van der Waals surface area contributed by atoms with Gasteiger partial charge in [0.1, 0.15) is 5.82 Å². The Bertz CT molecular complexity index is 1030. The van der Waals surface area contributed by atoms with Crippen LogP contribution < -0.4 is 15.5 Å². The summed E-state index contributed by atoms with van der Waals surface area (Å²) < 4.78 is 56.4. The molecule has 0 bridgehead atoms. The van der Waals surface area contributed by atoms with Crippen LogP contribution in [0.2, 0.25) is 0 Å². The Hall–Kier alpha value is -1.85. The van der Waals surface area contributed by atoms with E-state index in [1.807, 2.05) is 27.7 Å². The van der Waals surface area contributed by atoms with Gasteiger partial charge in [0, 0.05) is 43.3 Å². The van der Waals surface area contributed by atoms with Crippen LogP contribution in [0.5, 0.6) is 0 Å². The van der Waals surface area contributed by atoms with E-state index in [0.29, 0.717) is 6.07 Å². The first-order chi connectivity index (χ1) is 18.5. The van der Waals surface area contributed by atoms with Crippen LogP contribution in [0.25, 0.3) is 0 Å². The van der Waals surface area contributed by atoms with E-state index < -0.39 is 17.6 Å². The lowest BCUT2D eigenvalue weighted by atomic mass is 9.90. The molecule has 0 aliphatic carbocycles. The third-order valence-electron chi connectivity index (χ3n) is 7.04. The first kappa shape index (κ1) is 33.4. The highest BCUT2D eigenvalue weighted by molar-refractivity contribution is 7.97. The van der Waals surface area contributed by atoms with Crippen molar-refractivity contribution in [3.63, 3.8) is 0 Å². The van der Waals surface area contributed by atoms with Crippen molar-refractivity contribution in [1.82, 2.24) is 25.4 Å². The molecule has 2 unspecified atom stereocenters. The van der Waals surface area contributed by atoms with Crippen LogP contribution in [0.3, 0.4) is 0 Å². The lowest BCUT2D eigenvalue weighted by Gasteiger charge is -2.47. The number of hydrazine groups is 1. The van der Waals surface area contributed by atoms with Gasteiger partial charge in [-0.2, -0.15) is 13.2 Å². The molecule has 220 valence electrons. The van der Waals surface area contributed by atoms with Crippen molar-refractivity contribution in [2.24, 2.45) is 0 Å². The highest BCUT2D eigenvalue weighted by Crippen LogP contribution is 2.37. The van der Waals surface area contributed by atoms with Crippen molar-refractivity contribution in [2.45, 2.75) is 90.6 Å². The van der Waals surface area contributed by atoms with Crippen LogP contribution in [0.15, 0.2) is 57.7 Å². The zero-order valence-corrected chi connectivity index (χ0v) is 25.3. The lowest BCUT2D eigenvalue weighted by molar-refractivity contribution is -0.140. The summed E-state index contributed by atoms with van der Waals surface area (Å²) in [4.78, 5) is 2.41. The largest absolute Gasteiger partial charge is 0.417 e. The normalized spacial score (nSPS) is 23.1. The quantitative estimate of drug-likeness (QED) is 0.204. The van der Waals surface area contributed by atoms with Gasteiger partial charge in [-0.1, -0.05) is 33.8 Å². The van der Waals surface area contributed by atoms with Gasteiger partial charge in [0.15, 0.2) is 0 Å². The second-order valence-electron chi connectivity index (χ2n) is 9.49. The molecule has 3 N–H and O–H groups in total. The molecule has 1 fully saturated rings. The molecular formula is C29H45F4N5S. The number of nitrogens with one attached hydrogen (secondary N) is 3. The Morgan fingerprint density at radius 1 is 1.00 bits per heavy atom. The summed E-state index contributed by atoms with van der Waals surface area (Å²) in [5, 5.41) is 5.50. The predicted molar refractivity (Wildman–Crippen MR) is 154 cm³/mol. The molecule has 10 heteroatoms. The minimum Gasteiger partial charge on any atom is -0.385 e. The van der Waals surface area contributed by atoms with Crippen molar-refractivity contribution >= 4 is 11.9 Å². The fourth-order valence-corrected chi connectivity index (χ4v) is 6.00. The monoisotopic (exact) mass is 571 g/mol. The maximum absolute atomic E-state index is 13.4. The van der Waals surface area contributed by atoms with Crippen LogP contribution in [-0.2, 0) is 6.18 Å². The Balaban J connectivity index is 0.00000127. The second-order valence-corrected chi connectivity index (χ2v) is 10.4. The number of benzene rings is 1. The lowest BCUT2D eigenvalue weighted by Crippen LogP contribution is -2.61. The predicted octanol–water partition coefficient (Wildman–Crippen LogP) is 6.87. The Labute approximate surface area is 236 Å². The summed E-state index contributed by atoms with van der Waals surface area (Å²) in [6, 6.07) is 3.03. The first-order valence-electron chi connectivity index (χ1n) is 13.9. The summed E-state index contributed by atoms with van der Waals surface area (Å²) in [6.07, 6.45) is 1.57. The topological polar surface area (TPSA) is 42.6 Å². The first-order valence-corrected chi connectivity index (χ1v) is 14.7. The molecule has 3 heterocycles. The SMILES string of the molecule is CC.CC.CC1=CC(C2NN(C)C(N3CCC(NSc4ccc(F)cc4C(F)(F)F)CC3)C(C)=C2C)=CCN1. The Kier molecular flexibility index (Phi) is 13.0. The second kappa shape index (κ2) is 15.2. The van der Waals surface area contributed by atoms with Crippen molar-refractivity contribution < 1.29 is 17.6 Å². The molecule has 0 saturated carbocycles. The maximum atomic E-state index is 13.4. The van der Waals surface area contributed by atoms with Gasteiger partial charge in [-0.25, -0.2) is 14.8 Å². The highest BCUT2D eigenvalue weighted by Gasteiger charge is 2.37. The van der Waals surface area contributed by atoms with Crippen LogP contribution >= 0.6 is 11.9 Å². The summed E-state index contributed by atoms with van der Waals surface area (Å²) in [5.74, 6) is -0.885. The van der Waals surface area contributed by atoms with E-state index in [1.165, 1.54) is 22.8 Å². The number of nitrogens with zero attached hydrogens (tertiary/aromatic N) is 2. The Morgan fingerprint density at radius 2 is 1.64 bits per heavy atom. The fourth-order valence-electron chi connectivity index (χ4n) is 5.05. The van der Waals surface area contributed by atoms with E-state index in [0.717, 1.165) is 56.2 Å². The summed E-state index contributed by atoms with van der Waals surface area (Å²) in [7, 11) is 2.07. The molecular weight excluding hydrogens is 526 g/mol. The molecule has 39 heavy (non-hydrogen) atoms. The number of likely N-dealkylation sites (N-methyl/N-ethyl adjacent to an activating group) is 1. The van der Waals surface area contributed by atoms with Crippen LogP contribution in [0.1, 0.15) is 66.9 Å². The highest BCUT2D eigenvalue weighted by atomic mass is 32.2. The van der Waals surface area contributed by atoms with E-state index in [-0.39, 0.29) is 23.1 Å². The third-order valence-corrected chi connectivity index (χ3v) is 8.06. The van der Waals surface area contributed by atoms with Crippen LogP contribution in [-0.4, -0.2) is 54.8 Å². The van der Waals surface area contributed by atoms with Crippen LogP contribution in [0, 0.1) is 5.82 Å². The molecule has 1 saturated heterocycles. The number of likely N-dealkylation sites (tertiary alicyclic amines) is 1. The molecule has 0 radical (unpaired) electrons. The van der Waals surface area contributed by atoms with Gasteiger partial charge >= 0.3 is 6.18 Å². The van der Waals surface area contributed by atoms with Crippen molar-refractivity contribution in [3.05, 3.63) is 64.1 Å². The van der Waals surface area contributed by atoms with E-state index in [9.17, 15) is 17.6 Å². The molecule has 5 nitrogen and oxygen atoms in total. The number of allylic oxidation sites excluding steroid dienone is 1. The number of hydrogen-bond acceptors (Lipinski definition) is 6. The molecule has 3 aliphatic rings. The number of alkyl halides is 3. The van der Waals surface area contributed by atoms with Crippen molar-refractivity contribution in [2.75, 3.05) is 26.7 Å². The molecule has 1 aromatic carbocycles. The van der Waals surface area contributed by atoms with Gasteiger partial charge in [-0.15, -0.1) is 0 Å². The van der Waals surface area contributed by atoms with E-state index >= 15 is 0 Å². The number of dihydropyridines is 1. The van der Waals surface area contributed by atoms with Gasteiger partial charge in [0.25, 0.3) is 0 Å². The van der Waals surface area contributed by atoms with Gasteiger partial charge < -0.3 is 5.32 Å². The average molecular weight is 572 g/mol. The van der Waals surface area contributed by atoms with Gasteiger partial charge in [0.05, 0.1) is 17.8 Å². The number of halogens is 4. The van der Waals surface area contributed by atoms with Crippen molar-refractivity contribution in [1.29, 1.82) is 0 Å². The standard InChI is InChI=1S/C25H33F4N5S.2C2H6/c1-15-13-18(7-10-30-15)23-16(2)17(3)24(33(4)31-23)34-11-8-20(9-12-34)32-35-22-6-5-19(26)14-21(22)25(27,28)29;2*1-2/h5-7,13-14,20,23-24,30-32H,8-12H2,1-4H3;2*1-2H3. The molecule has 0 spiro atoms. The molecule has 3 aliphatic heterocycles. The number of hydrogen-bond donors (Lipinski definition) is 3. The number of rotatable bonds is 5. The van der Waals surface area contributed by atoms with Gasteiger partial charge in [0.2, 0.25) is 0 Å². The Morgan fingerprint density at radius 3 is 2.23 bits per heavy atom. The molecule has 1 aromatic rings. The molecule has 2 atom stereocenters. The van der Waals surface area contributed by atoms with Gasteiger partial charge in [-0.3, -0.25) is 9.62 Å². The van der Waals surface area contributed by atoms with Crippen LogP contribution in [0.4, 0.5) is 17.6 Å². The van der Waals surface area contributed by atoms with E-state index in [2.05, 4.69) is 65.3 Å². The smallest absolute Gasteiger partial charge is 0.385 e. The van der Waals surface area contributed by atoms with Crippen molar-refractivity contribution in [3.8, 4) is 0 Å². The van der Waals surface area contributed by atoms with E-state index in [4.69, 9.17) is 0 Å². The summed E-state index contributed by atoms with van der Waals surface area (Å²) in [5.41, 5.74) is 7.78. The minimum absolute atomic E-state index is 0.00510. The average Bonchev–Trinajstić information content (AvgIpc) is 2.92. The van der Waals surface area contributed by atoms with E-state index in [1.54, 1.807) is 0 Å². The zero-order valence-electron chi connectivity index (χ0n) is 24.5. The fraction of sp³-hybridized carbons (Fsp3) is 0.586. The molecule has 0 aromatic heterocycles. The number of piperidine rings is 1. The molecule has 0 amide bonds. The third kappa shape index (κ3) is 8.57. The molecule has 4 rings (SSSR count). The maximum Gasteiger partial charge on any atom is 0.417 e. The summed E-state index contributed by atoms with van der Waals surface area (Å²) >= 11 is 0.940. The van der Waals surface area contributed by atoms with Gasteiger partial charge in [-0.05, 0) is 86.6 Å². The minimum atomic E-state index is -4.59. The summed E-state index contributed by atoms with van der Waals surface area (Å²) in [6.45, 7) is 16.9.